The maximum Gasteiger partial charge on any atom is 0.329 e. The van der Waals surface area contributed by atoms with Crippen molar-refractivity contribution in [1.82, 2.24) is 10.2 Å². The number of nitrogens with one attached hydrogen (secondary N) is 1. The third kappa shape index (κ3) is 3.47. The molecule has 0 saturated heterocycles. The number of nitrogens with zero attached hydrogens (tertiary/aromatic N) is 1. The van der Waals surface area contributed by atoms with Crippen molar-refractivity contribution in [3.63, 3.8) is 0 Å². The zero-order chi connectivity index (χ0) is 16.2. The molecule has 1 aromatic heterocycles. The average molecular weight is 308 g/mol. The minimum atomic E-state index is -1.20. The van der Waals surface area contributed by atoms with Crippen molar-refractivity contribution in [3.8, 4) is 0 Å². The summed E-state index contributed by atoms with van der Waals surface area (Å²) in [4.78, 5) is 36.8. The first-order chi connectivity index (χ1) is 10.4. The monoisotopic (exact) mass is 308 g/mol. The molecule has 0 unspecified atom stereocenters. The number of carboxylic acids is 1. The van der Waals surface area contributed by atoms with E-state index in [4.69, 9.17) is 4.42 Å². The van der Waals surface area contributed by atoms with E-state index in [1.54, 1.807) is 6.07 Å². The number of carboxylic acid groups (broad SMARTS) is 1. The summed E-state index contributed by atoms with van der Waals surface area (Å²) in [5.74, 6) is -1.78. The molecule has 120 valence electrons. The van der Waals surface area contributed by atoms with Crippen LogP contribution in [0.15, 0.2) is 22.8 Å². The molecule has 2 amide bonds. The lowest BCUT2D eigenvalue weighted by atomic mass is 9.81. The number of aliphatic carboxylic acids is 1. The number of carbonyl (C=O) groups excluding carboxylic acids is 2. The second-order valence-corrected chi connectivity index (χ2v) is 5.63. The average Bonchev–Trinajstić information content (AvgIpc) is 3.01. The number of furan rings is 1. The van der Waals surface area contributed by atoms with Crippen molar-refractivity contribution >= 4 is 17.8 Å². The lowest BCUT2D eigenvalue weighted by Crippen LogP contribution is -2.57. The van der Waals surface area contributed by atoms with Crippen LogP contribution in [0.5, 0.6) is 0 Å². The number of carbonyl (C=O) groups is 3. The van der Waals surface area contributed by atoms with Gasteiger partial charge >= 0.3 is 5.97 Å². The van der Waals surface area contributed by atoms with Crippen LogP contribution in [0.25, 0.3) is 0 Å². The number of hydrogen-bond acceptors (Lipinski definition) is 4. The van der Waals surface area contributed by atoms with Crippen molar-refractivity contribution in [2.24, 2.45) is 0 Å². The fourth-order valence-electron chi connectivity index (χ4n) is 2.73. The predicted octanol–water partition coefficient (Wildman–Crippen LogP) is 1.26. The summed E-state index contributed by atoms with van der Waals surface area (Å²) in [6.07, 6.45) is 4.74. The van der Waals surface area contributed by atoms with E-state index in [0.717, 1.165) is 19.3 Å². The summed E-state index contributed by atoms with van der Waals surface area (Å²) in [6, 6.07) is 3.10. The third-order valence-corrected chi connectivity index (χ3v) is 3.95. The molecule has 1 aliphatic rings. The van der Waals surface area contributed by atoms with Gasteiger partial charge < -0.3 is 19.7 Å². The van der Waals surface area contributed by atoms with Crippen LogP contribution in [0.4, 0.5) is 0 Å². The molecular weight excluding hydrogens is 288 g/mol. The Balaban J connectivity index is 1.96. The Bertz CT molecular complexity index is 546. The lowest BCUT2D eigenvalue weighted by Gasteiger charge is -2.34. The summed E-state index contributed by atoms with van der Waals surface area (Å²) >= 11 is 0. The van der Waals surface area contributed by atoms with E-state index in [1.165, 1.54) is 24.3 Å². The van der Waals surface area contributed by atoms with Gasteiger partial charge in [-0.15, -0.1) is 0 Å². The molecule has 1 fully saturated rings. The van der Waals surface area contributed by atoms with E-state index in [-0.39, 0.29) is 12.3 Å². The first kappa shape index (κ1) is 16.1. The summed E-state index contributed by atoms with van der Waals surface area (Å²) in [5.41, 5.74) is -1.20. The summed E-state index contributed by atoms with van der Waals surface area (Å²) in [7, 11) is 1.47. The molecule has 2 rings (SSSR count). The molecule has 0 spiro atoms. The lowest BCUT2D eigenvalue weighted by molar-refractivity contribution is -0.149. The minimum absolute atomic E-state index is 0.140. The smallest absolute Gasteiger partial charge is 0.329 e. The fraction of sp³-hybridized carbons (Fsp3) is 0.533. The van der Waals surface area contributed by atoms with Gasteiger partial charge in [0, 0.05) is 7.05 Å². The zero-order valence-corrected chi connectivity index (χ0v) is 12.5. The van der Waals surface area contributed by atoms with E-state index in [0.29, 0.717) is 12.8 Å². The van der Waals surface area contributed by atoms with Gasteiger partial charge in [-0.3, -0.25) is 9.59 Å². The van der Waals surface area contributed by atoms with Gasteiger partial charge in [-0.25, -0.2) is 4.79 Å². The predicted molar refractivity (Wildman–Crippen MR) is 77.3 cm³/mol. The molecule has 0 aromatic carbocycles. The van der Waals surface area contributed by atoms with Crippen molar-refractivity contribution in [2.45, 2.75) is 37.6 Å². The topological polar surface area (TPSA) is 99.9 Å². The quantitative estimate of drug-likeness (QED) is 0.853. The summed E-state index contributed by atoms with van der Waals surface area (Å²) < 4.78 is 4.99. The van der Waals surface area contributed by atoms with Gasteiger partial charge in [-0.2, -0.15) is 0 Å². The first-order valence-electron chi connectivity index (χ1n) is 7.28. The molecule has 0 radical (unpaired) electrons. The van der Waals surface area contributed by atoms with Crippen molar-refractivity contribution < 1.29 is 23.9 Å². The first-order valence-corrected chi connectivity index (χ1v) is 7.28. The Labute approximate surface area is 128 Å². The highest BCUT2D eigenvalue weighted by Gasteiger charge is 2.41. The molecule has 0 aliphatic heterocycles. The Morgan fingerprint density at radius 2 is 2.00 bits per heavy atom. The minimum Gasteiger partial charge on any atom is -0.480 e. The fourth-order valence-corrected chi connectivity index (χ4v) is 2.73. The third-order valence-electron chi connectivity index (χ3n) is 3.95. The maximum atomic E-state index is 12.1. The van der Waals surface area contributed by atoms with Gasteiger partial charge in [-0.1, -0.05) is 19.3 Å². The largest absolute Gasteiger partial charge is 0.480 e. The SMILES string of the molecule is CN(CC(=O)NC1(C(=O)O)CCCCC1)C(=O)c1ccco1. The molecule has 22 heavy (non-hydrogen) atoms. The molecule has 1 heterocycles. The van der Waals surface area contributed by atoms with Crippen molar-refractivity contribution in [2.75, 3.05) is 13.6 Å². The van der Waals surface area contributed by atoms with Gasteiger partial charge in [0.25, 0.3) is 5.91 Å². The highest BCUT2D eigenvalue weighted by atomic mass is 16.4. The van der Waals surface area contributed by atoms with E-state index in [9.17, 15) is 19.5 Å². The van der Waals surface area contributed by atoms with Crippen molar-refractivity contribution in [3.05, 3.63) is 24.2 Å². The second kappa shape index (κ2) is 6.64. The molecule has 7 nitrogen and oxygen atoms in total. The Hall–Kier alpha value is -2.31. The number of likely N-dealkylation sites (N-methyl/N-ethyl adjacent to an activating group) is 1. The van der Waals surface area contributed by atoms with Crippen LogP contribution >= 0.6 is 0 Å². The van der Waals surface area contributed by atoms with Crippen LogP contribution in [-0.4, -0.2) is 46.9 Å². The molecule has 2 N–H and O–H groups in total. The Morgan fingerprint density at radius 3 is 2.55 bits per heavy atom. The normalized spacial score (nSPS) is 16.8. The number of amides is 2. The van der Waals surface area contributed by atoms with Crippen LogP contribution in [0, 0.1) is 0 Å². The van der Waals surface area contributed by atoms with Gasteiger partial charge in [0.15, 0.2) is 5.76 Å². The van der Waals surface area contributed by atoms with Gasteiger partial charge in [0.05, 0.1) is 12.8 Å². The van der Waals surface area contributed by atoms with E-state index in [2.05, 4.69) is 5.32 Å². The van der Waals surface area contributed by atoms with Crippen LogP contribution in [0.2, 0.25) is 0 Å². The highest BCUT2D eigenvalue weighted by molar-refractivity contribution is 5.95. The van der Waals surface area contributed by atoms with Gasteiger partial charge in [0.1, 0.15) is 5.54 Å². The Kier molecular flexibility index (Phi) is 4.85. The molecule has 1 aliphatic carbocycles. The second-order valence-electron chi connectivity index (χ2n) is 5.63. The van der Waals surface area contributed by atoms with E-state index in [1.807, 2.05) is 0 Å². The standard InChI is InChI=1S/C15H20N2O5/c1-17(13(19)11-6-5-9-22-11)10-12(18)16-15(14(20)21)7-3-2-4-8-15/h5-6,9H,2-4,7-8,10H2,1H3,(H,16,18)(H,20,21). The zero-order valence-electron chi connectivity index (χ0n) is 12.5. The van der Waals surface area contributed by atoms with E-state index >= 15 is 0 Å². The molecule has 1 aromatic rings. The molecule has 1 saturated carbocycles. The van der Waals surface area contributed by atoms with Crippen LogP contribution in [0.3, 0.4) is 0 Å². The summed E-state index contributed by atoms with van der Waals surface area (Å²) in [6.45, 7) is -0.214. The summed E-state index contributed by atoms with van der Waals surface area (Å²) in [5, 5.41) is 12.0. The number of hydrogen-bond donors (Lipinski definition) is 2. The van der Waals surface area contributed by atoms with Crippen LogP contribution < -0.4 is 5.32 Å². The maximum absolute atomic E-state index is 12.1. The molecular formula is C15H20N2O5. The van der Waals surface area contributed by atoms with E-state index < -0.39 is 23.3 Å². The molecule has 0 atom stereocenters. The van der Waals surface area contributed by atoms with Gasteiger partial charge in [0.2, 0.25) is 5.91 Å². The molecule has 0 bridgehead atoms. The van der Waals surface area contributed by atoms with Crippen LogP contribution in [-0.2, 0) is 9.59 Å². The number of rotatable bonds is 5. The highest BCUT2D eigenvalue weighted by Crippen LogP contribution is 2.28. The molecule has 7 heteroatoms. The van der Waals surface area contributed by atoms with Crippen LogP contribution in [0.1, 0.15) is 42.7 Å². The van der Waals surface area contributed by atoms with Crippen molar-refractivity contribution in [1.29, 1.82) is 0 Å². The Morgan fingerprint density at radius 1 is 1.32 bits per heavy atom. The van der Waals surface area contributed by atoms with Gasteiger partial charge in [-0.05, 0) is 25.0 Å².